The van der Waals surface area contributed by atoms with E-state index in [0.717, 1.165) is 42.5 Å². The van der Waals surface area contributed by atoms with E-state index < -0.39 is 0 Å². The molecule has 1 rings (SSSR count). The number of anilines is 2. The number of rotatable bonds is 5. The predicted molar refractivity (Wildman–Crippen MR) is 64.5 cm³/mol. The quantitative estimate of drug-likeness (QED) is 0.779. The highest BCUT2D eigenvalue weighted by molar-refractivity contribution is 5.57. The Labute approximate surface area is 91.5 Å². The first-order chi connectivity index (χ1) is 7.22. The van der Waals surface area contributed by atoms with Crippen molar-refractivity contribution >= 4 is 11.6 Å². The van der Waals surface area contributed by atoms with Crippen molar-refractivity contribution in [2.75, 3.05) is 23.7 Å². The fourth-order valence-corrected chi connectivity index (χ4v) is 1.40. The lowest BCUT2D eigenvalue weighted by atomic mass is 10.3. The molecule has 0 atom stereocenters. The normalized spacial score (nSPS) is 10.1. The molecule has 1 aromatic heterocycles. The van der Waals surface area contributed by atoms with Gasteiger partial charge in [0.2, 0.25) is 0 Å². The molecule has 0 aromatic carbocycles. The first-order valence-electron chi connectivity index (χ1n) is 5.58. The van der Waals surface area contributed by atoms with Crippen LogP contribution in [0, 0.1) is 6.92 Å². The Balaban J connectivity index is 3.08. The molecule has 1 aromatic rings. The second-order valence-corrected chi connectivity index (χ2v) is 3.38. The fourth-order valence-electron chi connectivity index (χ4n) is 1.40. The lowest BCUT2D eigenvalue weighted by molar-refractivity contribution is 0.922. The number of nitrogens with one attached hydrogen (secondary N) is 2. The summed E-state index contributed by atoms with van der Waals surface area (Å²) in [7, 11) is 0. The van der Waals surface area contributed by atoms with Crippen LogP contribution in [-0.4, -0.2) is 23.1 Å². The average molecular weight is 208 g/mol. The zero-order valence-electron chi connectivity index (χ0n) is 10.0. The van der Waals surface area contributed by atoms with Crippen molar-refractivity contribution in [1.82, 2.24) is 9.97 Å². The molecule has 0 unspecified atom stereocenters. The summed E-state index contributed by atoms with van der Waals surface area (Å²) in [6, 6.07) is 0. The van der Waals surface area contributed by atoms with Gasteiger partial charge in [-0.25, -0.2) is 9.97 Å². The van der Waals surface area contributed by atoms with E-state index >= 15 is 0 Å². The molecule has 0 aliphatic rings. The van der Waals surface area contributed by atoms with Crippen LogP contribution in [0.5, 0.6) is 0 Å². The summed E-state index contributed by atoms with van der Waals surface area (Å²) < 4.78 is 0. The van der Waals surface area contributed by atoms with Gasteiger partial charge in [-0.1, -0.05) is 6.92 Å². The van der Waals surface area contributed by atoms with Crippen LogP contribution in [0.2, 0.25) is 0 Å². The second kappa shape index (κ2) is 5.53. The van der Waals surface area contributed by atoms with Crippen molar-refractivity contribution in [2.24, 2.45) is 0 Å². The Morgan fingerprint density at radius 2 is 1.40 bits per heavy atom. The molecular formula is C11H20N4. The van der Waals surface area contributed by atoms with Crippen molar-refractivity contribution in [1.29, 1.82) is 0 Å². The average Bonchev–Trinajstić information content (AvgIpc) is 2.24. The minimum absolute atomic E-state index is 0.858. The standard InChI is InChI=1S/C11H20N4/c1-5-9-14-10(12-6-2)8(4)11(15-9)13-7-3/h5-7H2,1-4H3,(H2,12,13,14,15). The molecule has 2 N–H and O–H groups in total. The smallest absolute Gasteiger partial charge is 0.134 e. The molecule has 0 aliphatic heterocycles. The van der Waals surface area contributed by atoms with Crippen LogP contribution >= 0.6 is 0 Å². The summed E-state index contributed by atoms with van der Waals surface area (Å²) in [5.41, 5.74) is 1.09. The molecule has 4 heteroatoms. The van der Waals surface area contributed by atoms with Crippen molar-refractivity contribution in [2.45, 2.75) is 34.1 Å². The molecule has 84 valence electrons. The molecule has 0 bridgehead atoms. The van der Waals surface area contributed by atoms with Crippen LogP contribution in [0.15, 0.2) is 0 Å². The van der Waals surface area contributed by atoms with Crippen LogP contribution in [0.25, 0.3) is 0 Å². The van der Waals surface area contributed by atoms with Crippen molar-refractivity contribution in [3.05, 3.63) is 11.4 Å². The third kappa shape index (κ3) is 2.81. The van der Waals surface area contributed by atoms with Crippen LogP contribution in [0.3, 0.4) is 0 Å². The third-order valence-corrected chi connectivity index (χ3v) is 2.20. The minimum Gasteiger partial charge on any atom is -0.370 e. The third-order valence-electron chi connectivity index (χ3n) is 2.20. The van der Waals surface area contributed by atoms with Crippen molar-refractivity contribution < 1.29 is 0 Å². The number of aryl methyl sites for hydroxylation is 1. The van der Waals surface area contributed by atoms with E-state index in [1.807, 2.05) is 6.92 Å². The van der Waals surface area contributed by atoms with E-state index in [-0.39, 0.29) is 0 Å². The summed E-state index contributed by atoms with van der Waals surface area (Å²) in [4.78, 5) is 8.92. The summed E-state index contributed by atoms with van der Waals surface area (Å²) in [5.74, 6) is 2.77. The van der Waals surface area contributed by atoms with Gasteiger partial charge >= 0.3 is 0 Å². The fraction of sp³-hybridized carbons (Fsp3) is 0.636. The van der Waals surface area contributed by atoms with E-state index in [2.05, 4.69) is 41.4 Å². The highest BCUT2D eigenvalue weighted by Crippen LogP contribution is 2.19. The monoisotopic (exact) mass is 208 g/mol. The van der Waals surface area contributed by atoms with E-state index in [0.29, 0.717) is 0 Å². The SMILES string of the molecule is CCNc1nc(CC)nc(NCC)c1C. The number of hydrogen-bond acceptors (Lipinski definition) is 4. The predicted octanol–water partition coefficient (Wildman–Crippen LogP) is 2.21. The molecule has 1 heterocycles. The van der Waals surface area contributed by atoms with Gasteiger partial charge in [0, 0.05) is 25.1 Å². The maximum absolute atomic E-state index is 4.46. The van der Waals surface area contributed by atoms with Gasteiger partial charge in [0.15, 0.2) is 0 Å². The Kier molecular flexibility index (Phi) is 4.34. The van der Waals surface area contributed by atoms with Crippen LogP contribution < -0.4 is 10.6 Å². The van der Waals surface area contributed by atoms with Crippen LogP contribution in [0.4, 0.5) is 11.6 Å². The molecule has 15 heavy (non-hydrogen) atoms. The molecular weight excluding hydrogens is 188 g/mol. The summed E-state index contributed by atoms with van der Waals surface area (Å²) in [5, 5.41) is 6.52. The number of nitrogens with zero attached hydrogens (tertiary/aromatic N) is 2. The topological polar surface area (TPSA) is 49.8 Å². The van der Waals surface area contributed by atoms with Gasteiger partial charge in [0.05, 0.1) is 0 Å². The van der Waals surface area contributed by atoms with Crippen LogP contribution in [-0.2, 0) is 6.42 Å². The summed E-state index contributed by atoms with van der Waals surface area (Å²) >= 11 is 0. The zero-order valence-corrected chi connectivity index (χ0v) is 10.0. The molecule has 0 spiro atoms. The van der Waals surface area contributed by atoms with Gasteiger partial charge in [0.25, 0.3) is 0 Å². The van der Waals surface area contributed by atoms with Crippen molar-refractivity contribution in [3.8, 4) is 0 Å². The second-order valence-electron chi connectivity index (χ2n) is 3.38. The lowest BCUT2D eigenvalue weighted by Crippen LogP contribution is -2.10. The molecule has 0 aliphatic carbocycles. The zero-order chi connectivity index (χ0) is 11.3. The van der Waals surface area contributed by atoms with Gasteiger partial charge < -0.3 is 10.6 Å². The van der Waals surface area contributed by atoms with Gasteiger partial charge in [-0.3, -0.25) is 0 Å². The molecule has 0 amide bonds. The van der Waals surface area contributed by atoms with Crippen LogP contribution in [0.1, 0.15) is 32.2 Å². The molecule has 0 radical (unpaired) electrons. The molecule has 4 nitrogen and oxygen atoms in total. The summed E-state index contributed by atoms with van der Waals surface area (Å²) in [6.45, 7) is 10.0. The Morgan fingerprint density at radius 3 is 1.73 bits per heavy atom. The van der Waals surface area contributed by atoms with E-state index in [1.165, 1.54) is 0 Å². The Hall–Kier alpha value is -1.32. The lowest BCUT2D eigenvalue weighted by Gasteiger charge is -2.13. The van der Waals surface area contributed by atoms with E-state index in [4.69, 9.17) is 0 Å². The molecule has 0 saturated heterocycles. The minimum atomic E-state index is 0.858. The maximum Gasteiger partial charge on any atom is 0.134 e. The first kappa shape index (κ1) is 11.8. The highest BCUT2D eigenvalue weighted by atomic mass is 15.1. The molecule has 0 saturated carbocycles. The summed E-state index contributed by atoms with van der Waals surface area (Å²) in [6.07, 6.45) is 0.858. The number of hydrogen-bond donors (Lipinski definition) is 2. The van der Waals surface area contributed by atoms with E-state index in [1.54, 1.807) is 0 Å². The largest absolute Gasteiger partial charge is 0.370 e. The Bertz CT molecular complexity index is 295. The highest BCUT2D eigenvalue weighted by Gasteiger charge is 2.08. The molecule has 0 fully saturated rings. The Morgan fingerprint density at radius 1 is 0.933 bits per heavy atom. The number of aromatic nitrogens is 2. The van der Waals surface area contributed by atoms with Gasteiger partial charge in [-0.15, -0.1) is 0 Å². The van der Waals surface area contributed by atoms with Gasteiger partial charge in [-0.2, -0.15) is 0 Å². The first-order valence-corrected chi connectivity index (χ1v) is 5.58. The maximum atomic E-state index is 4.46. The van der Waals surface area contributed by atoms with E-state index in [9.17, 15) is 0 Å². The van der Waals surface area contributed by atoms with Gasteiger partial charge in [0.1, 0.15) is 17.5 Å². The van der Waals surface area contributed by atoms with Crippen molar-refractivity contribution in [3.63, 3.8) is 0 Å². The van der Waals surface area contributed by atoms with Gasteiger partial charge in [-0.05, 0) is 20.8 Å².